The van der Waals surface area contributed by atoms with Crippen LogP contribution in [0.25, 0.3) is 0 Å². The second-order valence-electron chi connectivity index (χ2n) is 4.30. The van der Waals surface area contributed by atoms with Crippen LogP contribution >= 0.6 is 0 Å². The maximum Gasteiger partial charge on any atom is 0.340 e. The number of carbonyl (C=O) groups excluding carboxylic acids is 1. The molecular formula is C12H11NO3. The molecule has 4 heteroatoms. The molecule has 0 aromatic rings. The molecule has 3 rings (SSSR count). The van der Waals surface area contributed by atoms with Crippen LogP contribution in [0.4, 0.5) is 0 Å². The van der Waals surface area contributed by atoms with Crippen LogP contribution < -0.4 is 0 Å². The minimum atomic E-state index is -1.13. The van der Waals surface area contributed by atoms with Crippen molar-refractivity contribution in [3.63, 3.8) is 0 Å². The van der Waals surface area contributed by atoms with Gasteiger partial charge in [0.05, 0.1) is 12.0 Å². The van der Waals surface area contributed by atoms with Crippen molar-refractivity contribution in [1.29, 1.82) is 0 Å². The van der Waals surface area contributed by atoms with E-state index < -0.39 is 5.97 Å². The number of Topliss-reactive ketones (excluding diaryl/α,β-unsaturated/α-hetero) is 1. The van der Waals surface area contributed by atoms with Crippen molar-refractivity contribution < 1.29 is 14.7 Å². The Morgan fingerprint density at radius 2 is 2.31 bits per heavy atom. The molecule has 1 fully saturated rings. The highest BCUT2D eigenvalue weighted by Gasteiger charge is 2.43. The summed E-state index contributed by atoms with van der Waals surface area (Å²) in [6.45, 7) is 0.804. The Labute approximate surface area is 92.5 Å². The van der Waals surface area contributed by atoms with Gasteiger partial charge < -0.3 is 10.0 Å². The molecule has 1 aliphatic carbocycles. The Morgan fingerprint density at radius 3 is 3.06 bits per heavy atom. The predicted octanol–water partition coefficient (Wildman–Crippen LogP) is 0.724. The van der Waals surface area contributed by atoms with Gasteiger partial charge in [-0.15, -0.1) is 0 Å². The van der Waals surface area contributed by atoms with Crippen molar-refractivity contribution in [3.8, 4) is 0 Å². The lowest BCUT2D eigenvalue weighted by molar-refractivity contribution is -0.135. The van der Waals surface area contributed by atoms with Gasteiger partial charge in [0.1, 0.15) is 5.57 Å². The lowest BCUT2D eigenvalue weighted by Crippen LogP contribution is -2.43. The molecule has 2 aliphatic heterocycles. The first kappa shape index (κ1) is 9.39. The second kappa shape index (κ2) is 3.07. The standard InChI is InChI=1S/C12H11NO3/c14-11-8-3-1-2-7-4-5-13(10(7)8)6-9(11)12(15)16/h1-3,6,8,10H,4-5H2,(H,15,16)/t8-,10-/m1/s1. The summed E-state index contributed by atoms with van der Waals surface area (Å²) in [5.74, 6) is -1.70. The molecule has 1 N–H and O–H groups in total. The number of nitrogens with zero attached hydrogens (tertiary/aromatic N) is 1. The summed E-state index contributed by atoms with van der Waals surface area (Å²) in [5, 5.41) is 8.97. The summed E-state index contributed by atoms with van der Waals surface area (Å²) >= 11 is 0. The Balaban J connectivity index is 2.09. The van der Waals surface area contributed by atoms with E-state index in [1.165, 1.54) is 11.8 Å². The van der Waals surface area contributed by atoms with Gasteiger partial charge in [-0.25, -0.2) is 4.79 Å². The van der Waals surface area contributed by atoms with Gasteiger partial charge in [0.2, 0.25) is 0 Å². The SMILES string of the molecule is O=C(O)C1=CN2CCC3=CC=C[C@@H](C1=O)[C@@H]32. The molecule has 0 saturated carbocycles. The van der Waals surface area contributed by atoms with Crippen molar-refractivity contribution in [2.45, 2.75) is 12.5 Å². The molecule has 0 aromatic heterocycles. The fourth-order valence-corrected chi connectivity index (χ4v) is 2.73. The molecule has 0 aromatic carbocycles. The van der Waals surface area contributed by atoms with Gasteiger partial charge in [-0.3, -0.25) is 4.79 Å². The van der Waals surface area contributed by atoms with Crippen molar-refractivity contribution in [2.75, 3.05) is 6.54 Å². The smallest absolute Gasteiger partial charge is 0.340 e. The van der Waals surface area contributed by atoms with Gasteiger partial charge in [0.15, 0.2) is 5.78 Å². The molecule has 0 spiro atoms. The van der Waals surface area contributed by atoms with E-state index in [0.717, 1.165) is 13.0 Å². The fourth-order valence-electron chi connectivity index (χ4n) is 2.73. The van der Waals surface area contributed by atoms with Gasteiger partial charge in [0.25, 0.3) is 0 Å². The van der Waals surface area contributed by atoms with Crippen LogP contribution in [-0.4, -0.2) is 34.3 Å². The number of carboxylic acid groups (broad SMARTS) is 1. The van der Waals surface area contributed by atoms with E-state index >= 15 is 0 Å². The number of allylic oxidation sites excluding steroid dienone is 2. The summed E-state index contributed by atoms with van der Waals surface area (Å²) in [7, 11) is 0. The van der Waals surface area contributed by atoms with Gasteiger partial charge >= 0.3 is 5.97 Å². The summed E-state index contributed by atoms with van der Waals surface area (Å²) < 4.78 is 0. The Morgan fingerprint density at radius 1 is 1.50 bits per heavy atom. The van der Waals surface area contributed by atoms with E-state index in [1.54, 1.807) is 0 Å². The molecule has 0 unspecified atom stereocenters. The third-order valence-corrected chi connectivity index (χ3v) is 3.46. The number of hydrogen-bond acceptors (Lipinski definition) is 3. The summed E-state index contributed by atoms with van der Waals surface area (Å²) in [5.41, 5.74) is 1.15. The third-order valence-electron chi connectivity index (χ3n) is 3.46. The molecule has 1 saturated heterocycles. The molecule has 16 heavy (non-hydrogen) atoms. The highest BCUT2D eigenvalue weighted by Crippen LogP contribution is 2.37. The first-order valence-electron chi connectivity index (χ1n) is 5.31. The molecule has 0 amide bonds. The van der Waals surface area contributed by atoms with E-state index in [9.17, 15) is 9.59 Å². The minimum absolute atomic E-state index is 0.0700. The number of aliphatic carboxylic acids is 1. The van der Waals surface area contributed by atoms with Gasteiger partial charge in [-0.1, -0.05) is 18.2 Å². The highest BCUT2D eigenvalue weighted by atomic mass is 16.4. The van der Waals surface area contributed by atoms with Crippen molar-refractivity contribution >= 4 is 11.8 Å². The fraction of sp³-hybridized carbons (Fsp3) is 0.333. The monoisotopic (exact) mass is 217 g/mol. The number of carboxylic acids is 1. The van der Waals surface area contributed by atoms with E-state index in [4.69, 9.17) is 5.11 Å². The van der Waals surface area contributed by atoms with Gasteiger partial charge in [-0.05, 0) is 12.0 Å². The molecule has 2 atom stereocenters. The molecule has 82 valence electrons. The van der Waals surface area contributed by atoms with E-state index in [1.807, 2.05) is 23.1 Å². The minimum Gasteiger partial charge on any atom is -0.478 e. The second-order valence-corrected chi connectivity index (χ2v) is 4.30. The third kappa shape index (κ3) is 1.10. The molecule has 4 nitrogen and oxygen atoms in total. The maximum atomic E-state index is 12.0. The first-order chi connectivity index (χ1) is 7.68. The summed E-state index contributed by atoms with van der Waals surface area (Å²) in [6.07, 6.45) is 8.13. The number of carbonyl (C=O) groups is 2. The highest BCUT2D eigenvalue weighted by molar-refractivity contribution is 6.18. The largest absolute Gasteiger partial charge is 0.478 e. The molecule has 0 bridgehead atoms. The Kier molecular flexibility index (Phi) is 1.80. The van der Waals surface area contributed by atoms with Crippen LogP contribution in [0.5, 0.6) is 0 Å². The predicted molar refractivity (Wildman–Crippen MR) is 56.5 cm³/mol. The van der Waals surface area contributed by atoms with Crippen LogP contribution in [0.15, 0.2) is 35.6 Å². The number of hydrogen-bond donors (Lipinski definition) is 1. The first-order valence-corrected chi connectivity index (χ1v) is 5.31. The van der Waals surface area contributed by atoms with Crippen LogP contribution in [0, 0.1) is 5.92 Å². The van der Waals surface area contributed by atoms with Crippen LogP contribution in [0.3, 0.4) is 0 Å². The Hall–Kier alpha value is -1.84. The average molecular weight is 217 g/mol. The Bertz CT molecular complexity index is 473. The molecule has 3 aliphatic rings. The number of rotatable bonds is 1. The molecule has 2 heterocycles. The van der Waals surface area contributed by atoms with E-state index in [2.05, 4.69) is 0 Å². The van der Waals surface area contributed by atoms with Crippen molar-refractivity contribution in [2.24, 2.45) is 5.92 Å². The molecule has 0 radical (unpaired) electrons. The molecular weight excluding hydrogens is 206 g/mol. The van der Waals surface area contributed by atoms with Crippen molar-refractivity contribution in [3.05, 3.63) is 35.6 Å². The van der Waals surface area contributed by atoms with Gasteiger partial charge in [0, 0.05) is 12.7 Å². The van der Waals surface area contributed by atoms with Crippen molar-refractivity contribution in [1.82, 2.24) is 4.90 Å². The summed E-state index contributed by atoms with van der Waals surface area (Å²) in [6, 6.07) is 0.0700. The zero-order valence-electron chi connectivity index (χ0n) is 8.59. The zero-order chi connectivity index (χ0) is 11.3. The maximum absolute atomic E-state index is 12.0. The quantitative estimate of drug-likeness (QED) is 0.658. The normalized spacial score (nSPS) is 31.0. The lowest BCUT2D eigenvalue weighted by atomic mass is 9.82. The van der Waals surface area contributed by atoms with Crippen LogP contribution in [0.1, 0.15) is 6.42 Å². The summed E-state index contributed by atoms with van der Waals surface area (Å²) in [4.78, 5) is 24.9. The lowest BCUT2D eigenvalue weighted by Gasteiger charge is -2.34. The van der Waals surface area contributed by atoms with Crippen LogP contribution in [-0.2, 0) is 9.59 Å². The van der Waals surface area contributed by atoms with Gasteiger partial charge in [-0.2, -0.15) is 0 Å². The topological polar surface area (TPSA) is 57.6 Å². The van der Waals surface area contributed by atoms with E-state index in [-0.39, 0.29) is 23.3 Å². The van der Waals surface area contributed by atoms with Crippen LogP contribution in [0.2, 0.25) is 0 Å². The zero-order valence-corrected chi connectivity index (χ0v) is 8.59. The average Bonchev–Trinajstić information content (AvgIpc) is 2.67. The van der Waals surface area contributed by atoms with E-state index in [0.29, 0.717) is 0 Å². The number of ketones is 1.